The average Bonchev–Trinajstić information content (AvgIpc) is 2.50. The predicted molar refractivity (Wildman–Crippen MR) is 79.6 cm³/mol. The van der Waals surface area contributed by atoms with Gasteiger partial charge in [0.1, 0.15) is 5.82 Å². The van der Waals surface area contributed by atoms with Gasteiger partial charge in [0.15, 0.2) is 0 Å². The largest absolute Gasteiger partial charge is 0.396 e. The molecule has 5 heteroatoms. The van der Waals surface area contributed by atoms with Gasteiger partial charge in [-0.05, 0) is 43.7 Å². The Labute approximate surface area is 125 Å². The van der Waals surface area contributed by atoms with Crippen molar-refractivity contribution in [1.29, 1.82) is 0 Å². The molecule has 0 spiro atoms. The Hall–Kier alpha value is -1.62. The molecule has 0 aliphatic carbocycles. The molecule has 0 radical (unpaired) electrons. The summed E-state index contributed by atoms with van der Waals surface area (Å²) in [6.45, 7) is 1.25. The first-order chi connectivity index (χ1) is 10.2. The van der Waals surface area contributed by atoms with Gasteiger partial charge < -0.3 is 15.3 Å². The monoisotopic (exact) mass is 294 g/mol. The quantitative estimate of drug-likeness (QED) is 0.875. The van der Waals surface area contributed by atoms with Gasteiger partial charge in [0, 0.05) is 25.7 Å². The highest BCUT2D eigenvalue weighted by Gasteiger charge is 2.25. The van der Waals surface area contributed by atoms with Crippen LogP contribution in [0.4, 0.5) is 9.18 Å². The van der Waals surface area contributed by atoms with Gasteiger partial charge in [0.05, 0.1) is 0 Å². The third-order valence-electron chi connectivity index (χ3n) is 3.98. The average molecular weight is 294 g/mol. The van der Waals surface area contributed by atoms with Crippen LogP contribution in [0.3, 0.4) is 0 Å². The third-order valence-corrected chi connectivity index (χ3v) is 3.98. The maximum Gasteiger partial charge on any atom is 0.317 e. The van der Waals surface area contributed by atoms with Gasteiger partial charge in [-0.25, -0.2) is 9.18 Å². The van der Waals surface area contributed by atoms with Crippen LogP contribution in [0.2, 0.25) is 0 Å². The number of hydrogen-bond acceptors (Lipinski definition) is 2. The molecule has 0 saturated carbocycles. The van der Waals surface area contributed by atoms with Crippen LogP contribution in [0.5, 0.6) is 0 Å². The van der Waals surface area contributed by atoms with Crippen molar-refractivity contribution in [2.45, 2.75) is 38.1 Å². The molecule has 1 saturated heterocycles. The minimum Gasteiger partial charge on any atom is -0.396 e. The summed E-state index contributed by atoms with van der Waals surface area (Å²) in [5.74, 6) is -0.233. The van der Waals surface area contributed by atoms with Crippen LogP contribution < -0.4 is 5.32 Å². The molecule has 116 valence electrons. The van der Waals surface area contributed by atoms with Crippen LogP contribution >= 0.6 is 0 Å². The molecule has 2 amide bonds. The van der Waals surface area contributed by atoms with Crippen molar-refractivity contribution in [3.63, 3.8) is 0 Å². The second-order valence-electron chi connectivity index (χ2n) is 5.43. The van der Waals surface area contributed by atoms with E-state index in [9.17, 15) is 9.18 Å². The molecular formula is C16H23FN2O2. The number of carbonyl (C=O) groups excluding carboxylic acids is 1. The van der Waals surface area contributed by atoms with E-state index in [0.717, 1.165) is 25.8 Å². The maximum absolute atomic E-state index is 13.5. The van der Waals surface area contributed by atoms with Gasteiger partial charge in [0.2, 0.25) is 0 Å². The van der Waals surface area contributed by atoms with E-state index in [4.69, 9.17) is 5.11 Å². The first-order valence-electron chi connectivity index (χ1n) is 7.61. The number of amides is 2. The van der Waals surface area contributed by atoms with Crippen molar-refractivity contribution >= 4 is 6.03 Å². The zero-order valence-electron chi connectivity index (χ0n) is 12.2. The van der Waals surface area contributed by atoms with Crippen molar-refractivity contribution in [1.82, 2.24) is 10.2 Å². The van der Waals surface area contributed by atoms with Crippen LogP contribution in [0.25, 0.3) is 0 Å². The summed E-state index contributed by atoms with van der Waals surface area (Å²) >= 11 is 0. The van der Waals surface area contributed by atoms with Crippen molar-refractivity contribution < 1.29 is 14.3 Å². The lowest BCUT2D eigenvalue weighted by Gasteiger charge is -2.35. The summed E-state index contributed by atoms with van der Waals surface area (Å²) < 4.78 is 13.5. The molecule has 1 aliphatic rings. The SMILES string of the molecule is O=C(NCCc1ccccc1F)N1CCCCC1CCO. The van der Waals surface area contributed by atoms with Crippen molar-refractivity contribution in [2.24, 2.45) is 0 Å². The molecule has 21 heavy (non-hydrogen) atoms. The van der Waals surface area contributed by atoms with E-state index in [1.807, 2.05) is 0 Å². The highest BCUT2D eigenvalue weighted by atomic mass is 19.1. The molecule has 2 rings (SSSR count). The summed E-state index contributed by atoms with van der Waals surface area (Å²) in [6, 6.07) is 6.63. The van der Waals surface area contributed by atoms with E-state index in [1.165, 1.54) is 6.07 Å². The summed E-state index contributed by atoms with van der Waals surface area (Å²) in [7, 11) is 0. The number of rotatable bonds is 5. The molecule has 1 aromatic rings. The van der Waals surface area contributed by atoms with E-state index >= 15 is 0 Å². The zero-order valence-corrected chi connectivity index (χ0v) is 12.2. The second-order valence-corrected chi connectivity index (χ2v) is 5.43. The van der Waals surface area contributed by atoms with Crippen LogP contribution in [0.1, 0.15) is 31.2 Å². The fraction of sp³-hybridized carbons (Fsp3) is 0.562. The van der Waals surface area contributed by atoms with Gasteiger partial charge in [0.25, 0.3) is 0 Å². The fourth-order valence-corrected chi connectivity index (χ4v) is 2.82. The third kappa shape index (κ3) is 4.43. The molecule has 1 fully saturated rings. The van der Waals surface area contributed by atoms with Crippen LogP contribution in [0.15, 0.2) is 24.3 Å². The minimum absolute atomic E-state index is 0.101. The van der Waals surface area contributed by atoms with Crippen LogP contribution in [-0.2, 0) is 6.42 Å². The number of piperidine rings is 1. The number of halogens is 1. The molecular weight excluding hydrogens is 271 g/mol. The van der Waals surface area contributed by atoms with Crippen LogP contribution in [-0.4, -0.2) is 41.8 Å². The smallest absolute Gasteiger partial charge is 0.317 e. The van der Waals surface area contributed by atoms with Gasteiger partial charge in [-0.1, -0.05) is 18.2 Å². The Kier molecular flexibility index (Phi) is 5.99. The lowest BCUT2D eigenvalue weighted by molar-refractivity contribution is 0.132. The fourth-order valence-electron chi connectivity index (χ4n) is 2.82. The van der Waals surface area contributed by atoms with E-state index in [1.54, 1.807) is 23.1 Å². The molecule has 4 nitrogen and oxygen atoms in total. The standard InChI is InChI=1S/C16H23FN2O2/c17-15-7-2-1-5-13(15)8-10-18-16(21)19-11-4-3-6-14(19)9-12-20/h1-2,5,7,14,20H,3-4,6,8-12H2,(H,18,21). The minimum atomic E-state index is -0.233. The van der Waals surface area contributed by atoms with Gasteiger partial charge in [-0.2, -0.15) is 0 Å². The summed E-state index contributed by atoms with van der Waals surface area (Å²) in [6.07, 6.45) is 4.16. The van der Waals surface area contributed by atoms with E-state index in [2.05, 4.69) is 5.32 Å². The second kappa shape index (κ2) is 7.98. The molecule has 1 aromatic carbocycles. The molecule has 1 aliphatic heterocycles. The maximum atomic E-state index is 13.5. The molecule has 1 unspecified atom stereocenters. The number of aliphatic hydroxyl groups excluding tert-OH is 1. The highest BCUT2D eigenvalue weighted by Crippen LogP contribution is 2.19. The lowest BCUT2D eigenvalue weighted by atomic mass is 10.0. The number of benzene rings is 1. The molecule has 0 bridgehead atoms. The molecule has 1 heterocycles. The first kappa shape index (κ1) is 15.8. The Morgan fingerprint density at radius 1 is 1.38 bits per heavy atom. The van der Waals surface area contributed by atoms with E-state index in [-0.39, 0.29) is 24.5 Å². The van der Waals surface area contributed by atoms with Crippen LogP contribution in [0, 0.1) is 5.82 Å². The van der Waals surface area contributed by atoms with E-state index in [0.29, 0.717) is 24.9 Å². The summed E-state index contributed by atoms with van der Waals surface area (Å²) in [5.41, 5.74) is 0.614. The topological polar surface area (TPSA) is 52.6 Å². The number of aliphatic hydroxyl groups is 1. The number of carbonyl (C=O) groups is 1. The van der Waals surface area contributed by atoms with Crippen molar-refractivity contribution in [2.75, 3.05) is 19.7 Å². The number of likely N-dealkylation sites (tertiary alicyclic amines) is 1. The lowest BCUT2D eigenvalue weighted by Crippen LogP contribution is -2.49. The normalized spacial score (nSPS) is 18.6. The van der Waals surface area contributed by atoms with Crippen molar-refractivity contribution in [3.8, 4) is 0 Å². The number of urea groups is 1. The summed E-state index contributed by atoms with van der Waals surface area (Å²) in [5, 5.41) is 11.9. The predicted octanol–water partition coefficient (Wildman–Crippen LogP) is 2.31. The van der Waals surface area contributed by atoms with Crippen molar-refractivity contribution in [3.05, 3.63) is 35.6 Å². The molecule has 0 aromatic heterocycles. The summed E-state index contributed by atoms with van der Waals surface area (Å²) in [4.78, 5) is 14.0. The molecule has 1 atom stereocenters. The Bertz CT molecular complexity index is 465. The Balaban J connectivity index is 1.82. The number of nitrogens with one attached hydrogen (secondary N) is 1. The van der Waals surface area contributed by atoms with E-state index < -0.39 is 0 Å². The number of nitrogens with zero attached hydrogens (tertiary/aromatic N) is 1. The molecule has 2 N–H and O–H groups in total. The highest BCUT2D eigenvalue weighted by molar-refractivity contribution is 5.74. The Morgan fingerprint density at radius 2 is 2.19 bits per heavy atom. The van der Waals surface area contributed by atoms with Gasteiger partial charge >= 0.3 is 6.03 Å². The number of hydrogen-bond donors (Lipinski definition) is 2. The zero-order chi connectivity index (χ0) is 15.1. The Morgan fingerprint density at radius 3 is 2.95 bits per heavy atom. The van der Waals surface area contributed by atoms with Gasteiger partial charge in [-0.15, -0.1) is 0 Å². The van der Waals surface area contributed by atoms with Gasteiger partial charge in [-0.3, -0.25) is 0 Å². The first-order valence-corrected chi connectivity index (χ1v) is 7.61.